The van der Waals surface area contributed by atoms with Gasteiger partial charge in [-0.1, -0.05) is 40.5 Å². The summed E-state index contributed by atoms with van der Waals surface area (Å²) in [6, 6.07) is -2.73. The zero-order valence-corrected chi connectivity index (χ0v) is 20.6. The van der Waals surface area contributed by atoms with Crippen molar-refractivity contribution in [3.8, 4) is 0 Å². The SMILES string of the molecule is CCCC(NC(=O)C1C2CCCC2CN1C(=O)[C@@H](NC(=O)O)C(C)(C)C)C(=O)C(=O)NC1CC1. The number of rotatable bonds is 9. The summed E-state index contributed by atoms with van der Waals surface area (Å²) in [6.45, 7) is 7.56. The summed E-state index contributed by atoms with van der Waals surface area (Å²) < 4.78 is 0. The average molecular weight is 479 g/mol. The van der Waals surface area contributed by atoms with Crippen LogP contribution in [0.1, 0.15) is 72.6 Å². The van der Waals surface area contributed by atoms with E-state index in [1.807, 2.05) is 6.92 Å². The fraction of sp³-hybridized carbons (Fsp3) is 0.792. The van der Waals surface area contributed by atoms with Crippen LogP contribution < -0.4 is 16.0 Å². The number of nitrogens with one attached hydrogen (secondary N) is 3. The van der Waals surface area contributed by atoms with Crippen molar-refractivity contribution >= 4 is 29.6 Å². The summed E-state index contributed by atoms with van der Waals surface area (Å²) >= 11 is 0. The lowest BCUT2D eigenvalue weighted by Gasteiger charge is -2.36. The fourth-order valence-electron chi connectivity index (χ4n) is 5.26. The largest absolute Gasteiger partial charge is 0.465 e. The molecule has 190 valence electrons. The van der Waals surface area contributed by atoms with E-state index in [-0.39, 0.29) is 17.9 Å². The van der Waals surface area contributed by atoms with Gasteiger partial charge in [-0.3, -0.25) is 19.2 Å². The predicted molar refractivity (Wildman–Crippen MR) is 124 cm³/mol. The normalized spacial score (nSPS) is 25.8. The molecule has 4 unspecified atom stereocenters. The molecule has 3 rings (SSSR count). The van der Waals surface area contributed by atoms with Crippen molar-refractivity contribution in [3.63, 3.8) is 0 Å². The first kappa shape index (κ1) is 26.0. The second-order valence-electron chi connectivity index (χ2n) is 11.0. The number of nitrogens with zero attached hydrogens (tertiary/aromatic N) is 1. The van der Waals surface area contributed by atoms with Crippen molar-refractivity contribution in [2.75, 3.05) is 6.54 Å². The third kappa shape index (κ3) is 5.88. The third-order valence-corrected chi connectivity index (χ3v) is 7.17. The summed E-state index contributed by atoms with van der Waals surface area (Å²) in [5.41, 5.74) is -0.699. The predicted octanol–water partition coefficient (Wildman–Crippen LogP) is 1.43. The van der Waals surface area contributed by atoms with Crippen LogP contribution in [0.3, 0.4) is 0 Å². The minimum Gasteiger partial charge on any atom is -0.465 e. The number of likely N-dealkylation sites (tertiary alicyclic amines) is 1. The zero-order chi connectivity index (χ0) is 25.2. The van der Waals surface area contributed by atoms with E-state index < -0.39 is 53.1 Å². The molecule has 10 heteroatoms. The van der Waals surface area contributed by atoms with Gasteiger partial charge in [0.25, 0.3) is 5.91 Å². The number of carboxylic acid groups (broad SMARTS) is 1. The molecule has 0 aromatic rings. The van der Waals surface area contributed by atoms with Crippen molar-refractivity contribution < 1.29 is 29.1 Å². The van der Waals surface area contributed by atoms with Crippen molar-refractivity contribution in [1.29, 1.82) is 0 Å². The van der Waals surface area contributed by atoms with Crippen LogP contribution in [-0.2, 0) is 19.2 Å². The molecular formula is C24H38N4O6. The molecule has 10 nitrogen and oxygen atoms in total. The van der Waals surface area contributed by atoms with Crippen molar-refractivity contribution in [2.24, 2.45) is 17.3 Å². The molecule has 2 saturated carbocycles. The molecular weight excluding hydrogens is 440 g/mol. The highest BCUT2D eigenvalue weighted by Crippen LogP contribution is 2.43. The molecule has 3 aliphatic rings. The minimum atomic E-state index is -1.30. The standard InChI is InChI=1S/C24H38N4O6/c1-5-7-16(18(29)21(31)25-14-10-11-14)26-20(30)17-15-9-6-8-13(15)12-28(17)22(32)19(24(2,3)4)27-23(33)34/h13-17,19,27H,5-12H2,1-4H3,(H,25,31)(H,26,30)(H,33,34)/t13?,15?,16?,17?,19-/m1/s1. The van der Waals surface area contributed by atoms with Gasteiger partial charge < -0.3 is 26.0 Å². The maximum Gasteiger partial charge on any atom is 0.405 e. The number of carbonyl (C=O) groups is 5. The van der Waals surface area contributed by atoms with Crippen LogP contribution >= 0.6 is 0 Å². The first-order valence-electron chi connectivity index (χ1n) is 12.4. The molecule has 5 atom stereocenters. The molecule has 1 heterocycles. The van der Waals surface area contributed by atoms with Gasteiger partial charge in [0, 0.05) is 12.6 Å². The summed E-state index contributed by atoms with van der Waals surface area (Å²) in [5.74, 6) is -2.12. The Morgan fingerprint density at radius 1 is 1.03 bits per heavy atom. The smallest absolute Gasteiger partial charge is 0.405 e. The van der Waals surface area contributed by atoms with Crippen molar-refractivity contribution in [1.82, 2.24) is 20.9 Å². The van der Waals surface area contributed by atoms with E-state index in [2.05, 4.69) is 16.0 Å². The van der Waals surface area contributed by atoms with Gasteiger partial charge in [0.2, 0.25) is 17.6 Å². The van der Waals surface area contributed by atoms with Gasteiger partial charge in [-0.05, 0) is 49.4 Å². The lowest BCUT2D eigenvalue weighted by Crippen LogP contribution is -2.59. The highest BCUT2D eigenvalue weighted by atomic mass is 16.4. The van der Waals surface area contributed by atoms with Crippen LogP contribution in [0.2, 0.25) is 0 Å². The zero-order valence-electron chi connectivity index (χ0n) is 20.6. The van der Waals surface area contributed by atoms with E-state index in [0.717, 1.165) is 32.1 Å². The maximum atomic E-state index is 13.5. The number of hydrogen-bond acceptors (Lipinski definition) is 5. The highest BCUT2D eigenvalue weighted by Gasteiger charge is 2.52. The van der Waals surface area contributed by atoms with Crippen molar-refractivity contribution in [3.05, 3.63) is 0 Å². The third-order valence-electron chi connectivity index (χ3n) is 7.17. The molecule has 0 spiro atoms. The second kappa shape index (κ2) is 10.3. The maximum absolute atomic E-state index is 13.5. The number of ketones is 1. The molecule has 2 aliphatic carbocycles. The Balaban J connectivity index is 1.80. The Hall–Kier alpha value is -2.65. The first-order chi connectivity index (χ1) is 15.9. The Morgan fingerprint density at radius 2 is 1.71 bits per heavy atom. The monoisotopic (exact) mass is 478 g/mol. The molecule has 0 radical (unpaired) electrons. The van der Waals surface area contributed by atoms with Gasteiger partial charge in [-0.15, -0.1) is 0 Å². The minimum absolute atomic E-state index is 0.0349. The van der Waals surface area contributed by atoms with Crippen LogP contribution in [-0.4, -0.2) is 70.3 Å². The van der Waals surface area contributed by atoms with Gasteiger partial charge >= 0.3 is 6.09 Å². The lowest BCUT2D eigenvalue weighted by atomic mass is 9.85. The van der Waals surface area contributed by atoms with E-state index >= 15 is 0 Å². The molecule has 0 aromatic heterocycles. The van der Waals surface area contributed by atoms with E-state index in [4.69, 9.17) is 0 Å². The van der Waals surface area contributed by atoms with Crippen LogP contribution in [0.5, 0.6) is 0 Å². The van der Waals surface area contributed by atoms with E-state index in [9.17, 15) is 29.1 Å². The van der Waals surface area contributed by atoms with E-state index in [1.54, 1.807) is 20.8 Å². The molecule has 4 amide bonds. The molecule has 34 heavy (non-hydrogen) atoms. The quantitative estimate of drug-likeness (QED) is 0.369. The Bertz CT molecular complexity index is 834. The van der Waals surface area contributed by atoms with Crippen LogP contribution in [0.25, 0.3) is 0 Å². The van der Waals surface area contributed by atoms with Gasteiger partial charge in [-0.2, -0.15) is 0 Å². The molecule has 4 N–H and O–H groups in total. The molecule has 3 fully saturated rings. The van der Waals surface area contributed by atoms with Gasteiger partial charge in [0.05, 0.1) is 6.04 Å². The highest BCUT2D eigenvalue weighted by molar-refractivity contribution is 6.38. The van der Waals surface area contributed by atoms with Crippen molar-refractivity contribution in [2.45, 2.75) is 96.8 Å². The Kier molecular flexibility index (Phi) is 7.88. The van der Waals surface area contributed by atoms with Crippen LogP contribution in [0.4, 0.5) is 4.79 Å². The molecule has 1 aliphatic heterocycles. The van der Waals surface area contributed by atoms with Crippen LogP contribution in [0.15, 0.2) is 0 Å². The first-order valence-corrected chi connectivity index (χ1v) is 12.4. The van der Waals surface area contributed by atoms with E-state index in [1.165, 1.54) is 4.90 Å². The summed E-state index contributed by atoms with van der Waals surface area (Å²) in [5, 5.41) is 17.1. The summed E-state index contributed by atoms with van der Waals surface area (Å²) in [4.78, 5) is 65.0. The molecule has 0 bridgehead atoms. The number of hydrogen-bond donors (Lipinski definition) is 4. The average Bonchev–Trinajstić information content (AvgIpc) is 3.30. The van der Waals surface area contributed by atoms with Gasteiger partial charge in [-0.25, -0.2) is 4.79 Å². The Morgan fingerprint density at radius 3 is 2.26 bits per heavy atom. The van der Waals surface area contributed by atoms with Gasteiger partial charge in [0.1, 0.15) is 12.1 Å². The summed E-state index contributed by atoms with van der Waals surface area (Å²) in [6.07, 6.45) is 3.96. The molecule has 1 saturated heterocycles. The lowest BCUT2D eigenvalue weighted by molar-refractivity contribution is -0.144. The summed E-state index contributed by atoms with van der Waals surface area (Å²) in [7, 11) is 0. The second-order valence-corrected chi connectivity index (χ2v) is 11.0. The van der Waals surface area contributed by atoms with Crippen LogP contribution in [0, 0.1) is 17.3 Å². The molecule has 0 aromatic carbocycles. The number of carbonyl (C=O) groups excluding carboxylic acids is 4. The fourth-order valence-corrected chi connectivity index (χ4v) is 5.26. The van der Waals surface area contributed by atoms with E-state index in [0.29, 0.717) is 19.4 Å². The number of Topliss-reactive ketones (excluding diaryl/α,β-unsaturated/α-hetero) is 1. The topological polar surface area (TPSA) is 145 Å². The van der Waals surface area contributed by atoms with Gasteiger partial charge in [0.15, 0.2) is 0 Å². The Labute approximate surface area is 200 Å². The number of fused-ring (bicyclic) bond motifs is 1. The number of amides is 4.